The van der Waals surface area contributed by atoms with Gasteiger partial charge >= 0.3 is 0 Å². The van der Waals surface area contributed by atoms with Crippen molar-refractivity contribution >= 4 is 38.7 Å². The van der Waals surface area contributed by atoms with Gasteiger partial charge in [0.2, 0.25) is 0 Å². The van der Waals surface area contributed by atoms with E-state index in [0.29, 0.717) is 24.3 Å². The number of halogens is 1. The summed E-state index contributed by atoms with van der Waals surface area (Å²) in [6.45, 7) is 0.0920. The number of sulfone groups is 1. The molecule has 1 aliphatic rings. The van der Waals surface area contributed by atoms with Gasteiger partial charge in [-0.25, -0.2) is 8.42 Å². The Morgan fingerprint density at radius 3 is 2.81 bits per heavy atom. The topological polar surface area (TPSA) is 87.5 Å². The van der Waals surface area contributed by atoms with Crippen molar-refractivity contribution in [2.45, 2.75) is 19.0 Å². The lowest BCUT2D eigenvalue weighted by Gasteiger charge is -2.28. The molecule has 0 aliphatic carbocycles. The van der Waals surface area contributed by atoms with Crippen LogP contribution in [-0.2, 0) is 21.2 Å². The average Bonchev–Trinajstić information content (AvgIpc) is 3.27. The lowest BCUT2D eigenvalue weighted by molar-refractivity contribution is -0.135. The molecule has 9 heteroatoms. The van der Waals surface area contributed by atoms with E-state index in [4.69, 9.17) is 21.6 Å². The van der Waals surface area contributed by atoms with Gasteiger partial charge < -0.3 is 9.64 Å². The highest BCUT2D eigenvalue weighted by Gasteiger charge is 2.35. The molecule has 0 N–H and O–H groups in total. The van der Waals surface area contributed by atoms with Crippen LogP contribution in [0.25, 0.3) is 0 Å². The Bertz CT molecular complexity index is 968. The zero-order valence-electron chi connectivity index (χ0n) is 14.3. The maximum atomic E-state index is 12.8. The molecule has 142 valence electrons. The van der Waals surface area contributed by atoms with Gasteiger partial charge in [-0.3, -0.25) is 4.79 Å². The second kappa shape index (κ2) is 8.30. The number of benzene rings is 1. The lowest BCUT2D eigenvalue weighted by Crippen LogP contribution is -2.42. The quantitative estimate of drug-likeness (QED) is 0.711. The second-order valence-electron chi connectivity index (χ2n) is 6.20. The molecule has 0 radical (unpaired) electrons. The van der Waals surface area contributed by atoms with Crippen LogP contribution >= 0.6 is 22.9 Å². The van der Waals surface area contributed by atoms with Crippen molar-refractivity contribution in [1.29, 1.82) is 5.26 Å². The summed E-state index contributed by atoms with van der Waals surface area (Å²) < 4.78 is 29.2. The van der Waals surface area contributed by atoms with Crippen LogP contribution in [0, 0.1) is 11.3 Å². The van der Waals surface area contributed by atoms with Gasteiger partial charge in [-0.15, -0.1) is 11.3 Å². The van der Waals surface area contributed by atoms with Crippen molar-refractivity contribution in [1.82, 2.24) is 4.90 Å². The molecule has 1 unspecified atom stereocenters. The summed E-state index contributed by atoms with van der Waals surface area (Å²) in [6.07, 6.45) is 0.428. The Labute approximate surface area is 166 Å². The van der Waals surface area contributed by atoms with Crippen molar-refractivity contribution in [2.75, 3.05) is 18.1 Å². The fourth-order valence-electron chi connectivity index (χ4n) is 2.92. The molecule has 1 aromatic heterocycles. The molecule has 1 aliphatic heterocycles. The van der Waals surface area contributed by atoms with Crippen molar-refractivity contribution < 1.29 is 17.9 Å². The average molecular weight is 425 g/mol. The first kappa shape index (κ1) is 19.7. The number of hydrogen-bond donors (Lipinski definition) is 0. The summed E-state index contributed by atoms with van der Waals surface area (Å²) in [4.78, 5) is 15.3. The number of carbonyl (C=O) groups excluding carboxylic acids is 1. The van der Waals surface area contributed by atoms with Crippen LogP contribution < -0.4 is 4.74 Å². The first-order valence-electron chi connectivity index (χ1n) is 8.23. The highest BCUT2D eigenvalue weighted by atomic mass is 35.5. The minimum absolute atomic E-state index is 0.0261. The van der Waals surface area contributed by atoms with E-state index in [9.17, 15) is 13.2 Å². The predicted octanol–water partition coefficient (Wildman–Crippen LogP) is 2.87. The van der Waals surface area contributed by atoms with E-state index in [2.05, 4.69) is 0 Å². The molecular weight excluding hydrogens is 408 g/mol. The Hall–Kier alpha value is -2.08. The van der Waals surface area contributed by atoms with Crippen LogP contribution in [0.3, 0.4) is 0 Å². The van der Waals surface area contributed by atoms with Crippen LogP contribution in [0.5, 0.6) is 5.75 Å². The van der Waals surface area contributed by atoms with Gasteiger partial charge in [0.15, 0.2) is 16.4 Å². The van der Waals surface area contributed by atoms with E-state index in [1.54, 1.807) is 11.0 Å². The third-order valence-electron chi connectivity index (χ3n) is 4.29. The predicted molar refractivity (Wildman–Crippen MR) is 104 cm³/mol. The van der Waals surface area contributed by atoms with Crippen LogP contribution in [0.15, 0.2) is 35.7 Å². The number of rotatable bonds is 6. The summed E-state index contributed by atoms with van der Waals surface area (Å²) in [5.41, 5.74) is 0.397. The van der Waals surface area contributed by atoms with Gasteiger partial charge in [0.05, 0.1) is 34.7 Å². The fourth-order valence-corrected chi connectivity index (χ4v) is 5.59. The molecular formula is C18H17ClN2O4S2. The van der Waals surface area contributed by atoms with Gasteiger partial charge in [-0.2, -0.15) is 5.26 Å². The number of nitriles is 1. The Morgan fingerprint density at radius 2 is 2.22 bits per heavy atom. The van der Waals surface area contributed by atoms with Gasteiger partial charge in [-0.05, 0) is 36.1 Å². The SMILES string of the molecule is N#Cc1ccc(OCC(=O)N(Cc2cccs2)C2CCS(=O)(=O)C2)c(Cl)c1. The zero-order chi connectivity index (χ0) is 19.4. The third-order valence-corrected chi connectivity index (χ3v) is 7.19. The number of thiophene rings is 1. The highest BCUT2D eigenvalue weighted by molar-refractivity contribution is 7.91. The summed E-state index contributed by atoms with van der Waals surface area (Å²) in [5.74, 6) is 0.0701. The maximum absolute atomic E-state index is 12.8. The zero-order valence-corrected chi connectivity index (χ0v) is 16.7. The molecule has 2 aromatic rings. The third kappa shape index (κ3) is 5.01. The van der Waals surface area contributed by atoms with Crippen molar-refractivity contribution in [3.8, 4) is 11.8 Å². The number of ether oxygens (including phenoxy) is 1. The van der Waals surface area contributed by atoms with Gasteiger partial charge in [0.1, 0.15) is 5.75 Å². The Morgan fingerprint density at radius 1 is 1.41 bits per heavy atom. The van der Waals surface area contributed by atoms with Crippen LogP contribution in [0.4, 0.5) is 0 Å². The van der Waals surface area contributed by atoms with Crippen molar-refractivity contribution in [3.05, 3.63) is 51.2 Å². The largest absolute Gasteiger partial charge is 0.482 e. The number of carbonyl (C=O) groups is 1. The monoisotopic (exact) mass is 424 g/mol. The maximum Gasteiger partial charge on any atom is 0.261 e. The fraction of sp³-hybridized carbons (Fsp3) is 0.333. The van der Waals surface area contributed by atoms with E-state index in [1.165, 1.54) is 23.5 Å². The van der Waals surface area contributed by atoms with Gasteiger partial charge in [-0.1, -0.05) is 17.7 Å². The molecule has 1 saturated heterocycles. The first-order valence-corrected chi connectivity index (χ1v) is 11.3. The van der Waals surface area contributed by atoms with E-state index < -0.39 is 9.84 Å². The minimum atomic E-state index is -3.12. The molecule has 2 heterocycles. The molecule has 27 heavy (non-hydrogen) atoms. The van der Waals surface area contributed by atoms with Crippen LogP contribution in [0.2, 0.25) is 5.02 Å². The Balaban J connectivity index is 1.72. The first-order chi connectivity index (χ1) is 12.9. The molecule has 3 rings (SSSR count). The minimum Gasteiger partial charge on any atom is -0.482 e. The molecule has 0 spiro atoms. The molecule has 6 nitrogen and oxygen atoms in total. The normalized spacial score (nSPS) is 18.0. The smallest absolute Gasteiger partial charge is 0.261 e. The van der Waals surface area contributed by atoms with Crippen LogP contribution in [-0.4, -0.2) is 43.4 Å². The molecule has 0 bridgehead atoms. The van der Waals surface area contributed by atoms with E-state index in [1.807, 2.05) is 23.6 Å². The standard InChI is InChI=1S/C18H17ClN2O4S2/c19-16-8-13(9-20)3-4-17(16)25-11-18(22)21(10-15-2-1-6-26-15)14-5-7-27(23,24)12-14/h1-4,6,8,14H,5,7,10-12H2. The molecule has 1 fully saturated rings. The molecule has 1 amide bonds. The van der Waals surface area contributed by atoms with E-state index >= 15 is 0 Å². The van der Waals surface area contributed by atoms with Gasteiger partial charge in [0, 0.05) is 10.9 Å². The molecule has 1 aromatic carbocycles. The Kier molecular flexibility index (Phi) is 6.05. The van der Waals surface area contributed by atoms with E-state index in [0.717, 1.165) is 4.88 Å². The van der Waals surface area contributed by atoms with Crippen molar-refractivity contribution in [3.63, 3.8) is 0 Å². The summed E-state index contributed by atoms with van der Waals surface area (Å²) >= 11 is 7.58. The molecule has 0 saturated carbocycles. The van der Waals surface area contributed by atoms with E-state index in [-0.39, 0.29) is 35.1 Å². The highest BCUT2D eigenvalue weighted by Crippen LogP contribution is 2.26. The lowest BCUT2D eigenvalue weighted by atomic mass is 10.2. The second-order valence-corrected chi connectivity index (χ2v) is 9.87. The van der Waals surface area contributed by atoms with Crippen LogP contribution in [0.1, 0.15) is 16.9 Å². The number of nitrogens with zero attached hydrogens (tertiary/aromatic N) is 2. The summed E-state index contributed by atoms with van der Waals surface area (Å²) in [6, 6.07) is 9.98. The molecule has 1 atom stereocenters. The van der Waals surface area contributed by atoms with Gasteiger partial charge in [0.25, 0.3) is 5.91 Å². The number of amides is 1. The summed E-state index contributed by atoms with van der Waals surface area (Å²) in [7, 11) is -3.12. The number of hydrogen-bond acceptors (Lipinski definition) is 6. The summed E-state index contributed by atoms with van der Waals surface area (Å²) in [5, 5.41) is 11.0. The van der Waals surface area contributed by atoms with Crippen molar-refractivity contribution in [2.24, 2.45) is 0 Å².